The first-order valence-electron chi connectivity index (χ1n) is 7.75. The second-order valence-electron chi connectivity index (χ2n) is 6.70. The summed E-state index contributed by atoms with van der Waals surface area (Å²) in [4.78, 5) is 10.5. The standard InChI is InChI=1S/C18H26O2/c1-12-10-14(3)18-15(11-12)9-8-13(2)16(18)6-4-5-7-17(19)20/h4-9,12-16,18H,10-11H2,1-3H3,(H,19,20)/b6-4+,7-5+/t12-,13-,14+,15?,16-,18-/m0/s1. The van der Waals surface area contributed by atoms with Crippen LogP contribution >= 0.6 is 0 Å². The van der Waals surface area contributed by atoms with Crippen LogP contribution in [0.2, 0.25) is 0 Å². The average Bonchev–Trinajstić information content (AvgIpc) is 2.36. The van der Waals surface area contributed by atoms with E-state index < -0.39 is 5.97 Å². The van der Waals surface area contributed by atoms with Crippen LogP contribution in [0.4, 0.5) is 0 Å². The molecule has 110 valence electrons. The molecule has 0 radical (unpaired) electrons. The van der Waals surface area contributed by atoms with Crippen molar-refractivity contribution < 1.29 is 9.90 Å². The summed E-state index contributed by atoms with van der Waals surface area (Å²) in [5, 5.41) is 8.63. The van der Waals surface area contributed by atoms with Gasteiger partial charge in [0.25, 0.3) is 0 Å². The molecular formula is C18H26O2. The molecule has 0 aromatic heterocycles. The monoisotopic (exact) mass is 274 g/mol. The summed E-state index contributed by atoms with van der Waals surface area (Å²) in [7, 11) is 0. The Balaban J connectivity index is 2.14. The Bertz CT molecular complexity index is 433. The third-order valence-corrected chi connectivity index (χ3v) is 5.00. The number of carbonyl (C=O) groups is 1. The Hall–Kier alpha value is -1.31. The van der Waals surface area contributed by atoms with Crippen LogP contribution in [0.1, 0.15) is 33.6 Å². The molecule has 20 heavy (non-hydrogen) atoms. The number of allylic oxidation sites excluding steroid dienone is 5. The summed E-state index contributed by atoms with van der Waals surface area (Å²) in [6.45, 7) is 7.01. The lowest BCUT2D eigenvalue weighted by atomic mass is 9.59. The molecule has 0 aromatic rings. The Kier molecular flexibility index (Phi) is 4.85. The van der Waals surface area contributed by atoms with Gasteiger partial charge in [-0.2, -0.15) is 0 Å². The first-order valence-corrected chi connectivity index (χ1v) is 7.75. The second kappa shape index (κ2) is 6.43. The molecule has 2 rings (SSSR count). The third kappa shape index (κ3) is 3.41. The van der Waals surface area contributed by atoms with Gasteiger partial charge in [0.15, 0.2) is 0 Å². The fraction of sp³-hybridized carbons (Fsp3) is 0.611. The van der Waals surface area contributed by atoms with Gasteiger partial charge in [-0.3, -0.25) is 0 Å². The van der Waals surface area contributed by atoms with E-state index in [0.29, 0.717) is 23.7 Å². The lowest BCUT2D eigenvalue weighted by Gasteiger charge is -2.46. The van der Waals surface area contributed by atoms with Gasteiger partial charge in [-0.05, 0) is 48.3 Å². The van der Waals surface area contributed by atoms with Gasteiger partial charge in [-0.25, -0.2) is 4.79 Å². The minimum atomic E-state index is -0.885. The molecule has 6 atom stereocenters. The molecule has 2 aliphatic carbocycles. The van der Waals surface area contributed by atoms with E-state index in [2.05, 4.69) is 39.0 Å². The average molecular weight is 274 g/mol. The second-order valence-corrected chi connectivity index (χ2v) is 6.70. The maximum atomic E-state index is 10.5. The predicted octanol–water partition coefficient (Wildman–Crippen LogP) is 4.30. The predicted molar refractivity (Wildman–Crippen MR) is 82.3 cm³/mol. The minimum Gasteiger partial charge on any atom is -0.478 e. The third-order valence-electron chi connectivity index (χ3n) is 5.00. The molecule has 2 aliphatic rings. The minimum absolute atomic E-state index is 0.533. The van der Waals surface area contributed by atoms with Crippen LogP contribution < -0.4 is 0 Å². The molecule has 0 amide bonds. The Labute approximate surface area is 122 Å². The highest BCUT2D eigenvalue weighted by atomic mass is 16.4. The number of fused-ring (bicyclic) bond motifs is 1. The lowest BCUT2D eigenvalue weighted by molar-refractivity contribution is -0.131. The van der Waals surface area contributed by atoms with E-state index >= 15 is 0 Å². The summed E-state index contributed by atoms with van der Waals surface area (Å²) in [6, 6.07) is 0. The van der Waals surface area contributed by atoms with Crippen LogP contribution in [-0.2, 0) is 4.79 Å². The van der Waals surface area contributed by atoms with Crippen LogP contribution in [0, 0.1) is 35.5 Å². The molecule has 1 N–H and O–H groups in total. The summed E-state index contributed by atoms with van der Waals surface area (Å²) in [6.07, 6.45) is 14.4. The van der Waals surface area contributed by atoms with E-state index in [1.165, 1.54) is 18.9 Å². The Morgan fingerprint density at radius 1 is 1.15 bits per heavy atom. The number of carboxylic acid groups (broad SMARTS) is 1. The molecule has 2 nitrogen and oxygen atoms in total. The fourth-order valence-electron chi connectivity index (χ4n) is 4.23. The zero-order valence-corrected chi connectivity index (χ0v) is 12.7. The molecule has 0 heterocycles. The van der Waals surface area contributed by atoms with Gasteiger partial charge in [-0.15, -0.1) is 0 Å². The van der Waals surface area contributed by atoms with Crippen LogP contribution in [-0.4, -0.2) is 11.1 Å². The molecule has 0 saturated heterocycles. The molecular weight excluding hydrogens is 248 g/mol. The van der Waals surface area contributed by atoms with Crippen molar-refractivity contribution in [1.29, 1.82) is 0 Å². The zero-order valence-electron chi connectivity index (χ0n) is 12.7. The molecule has 0 spiro atoms. The molecule has 0 aliphatic heterocycles. The quantitative estimate of drug-likeness (QED) is 0.473. The molecule has 2 heteroatoms. The summed E-state index contributed by atoms with van der Waals surface area (Å²) in [5.41, 5.74) is 0. The van der Waals surface area contributed by atoms with Crippen molar-refractivity contribution >= 4 is 5.97 Å². The van der Waals surface area contributed by atoms with Gasteiger partial charge in [0, 0.05) is 6.08 Å². The maximum Gasteiger partial charge on any atom is 0.328 e. The normalized spacial score (nSPS) is 41.1. The molecule has 0 bridgehead atoms. The van der Waals surface area contributed by atoms with Crippen molar-refractivity contribution in [3.8, 4) is 0 Å². The van der Waals surface area contributed by atoms with Crippen LogP contribution in [0.5, 0.6) is 0 Å². The van der Waals surface area contributed by atoms with Gasteiger partial charge in [0.05, 0.1) is 0 Å². The van der Waals surface area contributed by atoms with Gasteiger partial charge in [0.1, 0.15) is 0 Å². The van der Waals surface area contributed by atoms with Gasteiger partial charge < -0.3 is 5.11 Å². The summed E-state index contributed by atoms with van der Waals surface area (Å²) >= 11 is 0. The van der Waals surface area contributed by atoms with E-state index in [-0.39, 0.29) is 0 Å². The number of hydrogen-bond donors (Lipinski definition) is 1. The van der Waals surface area contributed by atoms with E-state index in [4.69, 9.17) is 5.11 Å². The van der Waals surface area contributed by atoms with Crippen molar-refractivity contribution in [2.45, 2.75) is 33.6 Å². The van der Waals surface area contributed by atoms with Gasteiger partial charge in [0.2, 0.25) is 0 Å². The topological polar surface area (TPSA) is 37.3 Å². The van der Waals surface area contributed by atoms with Crippen molar-refractivity contribution in [2.75, 3.05) is 0 Å². The molecule has 0 aromatic carbocycles. The van der Waals surface area contributed by atoms with Gasteiger partial charge in [-0.1, -0.05) is 51.2 Å². The summed E-state index contributed by atoms with van der Waals surface area (Å²) < 4.78 is 0. The number of carboxylic acids is 1. The summed E-state index contributed by atoms with van der Waals surface area (Å²) in [5.74, 6) is 3.16. The fourth-order valence-corrected chi connectivity index (χ4v) is 4.23. The highest BCUT2D eigenvalue weighted by molar-refractivity contribution is 5.80. The first-order chi connectivity index (χ1) is 9.49. The molecule has 1 saturated carbocycles. The van der Waals surface area contributed by atoms with Gasteiger partial charge >= 0.3 is 5.97 Å². The maximum absolute atomic E-state index is 10.5. The van der Waals surface area contributed by atoms with E-state index in [1.807, 2.05) is 6.08 Å². The number of aliphatic carboxylic acids is 1. The Morgan fingerprint density at radius 2 is 1.90 bits per heavy atom. The highest BCUT2D eigenvalue weighted by Crippen LogP contribution is 2.48. The number of rotatable bonds is 3. The zero-order chi connectivity index (χ0) is 14.7. The van der Waals surface area contributed by atoms with Crippen LogP contribution in [0.15, 0.2) is 36.5 Å². The van der Waals surface area contributed by atoms with E-state index in [1.54, 1.807) is 6.08 Å². The smallest absolute Gasteiger partial charge is 0.328 e. The lowest BCUT2D eigenvalue weighted by Crippen LogP contribution is -2.38. The molecule has 1 unspecified atom stereocenters. The largest absolute Gasteiger partial charge is 0.478 e. The van der Waals surface area contributed by atoms with Crippen molar-refractivity contribution in [1.82, 2.24) is 0 Å². The highest BCUT2D eigenvalue weighted by Gasteiger charge is 2.40. The van der Waals surface area contributed by atoms with Crippen molar-refractivity contribution in [3.63, 3.8) is 0 Å². The van der Waals surface area contributed by atoms with E-state index in [0.717, 1.165) is 11.8 Å². The SMILES string of the molecule is C[C@@H]1CC2C=C[C@H](C)[C@H](/C=C/C=C/C(=O)O)[C@H]2[C@H](C)C1. The Morgan fingerprint density at radius 3 is 2.60 bits per heavy atom. The van der Waals surface area contributed by atoms with E-state index in [9.17, 15) is 4.79 Å². The number of hydrogen-bond acceptors (Lipinski definition) is 1. The van der Waals surface area contributed by atoms with Crippen LogP contribution in [0.25, 0.3) is 0 Å². The van der Waals surface area contributed by atoms with Crippen molar-refractivity contribution in [2.24, 2.45) is 35.5 Å². The molecule has 1 fully saturated rings. The van der Waals surface area contributed by atoms with Crippen molar-refractivity contribution in [3.05, 3.63) is 36.5 Å². The first kappa shape index (κ1) is 15.1. The van der Waals surface area contributed by atoms with Crippen LogP contribution in [0.3, 0.4) is 0 Å².